The highest BCUT2D eigenvalue weighted by molar-refractivity contribution is 5.50. The van der Waals surface area contributed by atoms with Crippen molar-refractivity contribution in [1.82, 2.24) is 5.32 Å². The fourth-order valence-electron chi connectivity index (χ4n) is 2.92. The number of anilines is 1. The molecular weight excluding hydrogens is 232 g/mol. The summed E-state index contributed by atoms with van der Waals surface area (Å²) in [5.74, 6) is 0. The fraction of sp³-hybridized carbons (Fsp3) is 0.647. The number of piperazine rings is 1. The Balaban J connectivity index is 2.16. The Labute approximate surface area is 118 Å². The molecule has 0 saturated carbocycles. The summed E-state index contributed by atoms with van der Waals surface area (Å²) in [5, 5.41) is 3.65. The molecule has 2 heteroatoms. The van der Waals surface area contributed by atoms with Crippen LogP contribution < -0.4 is 10.2 Å². The van der Waals surface area contributed by atoms with Crippen molar-refractivity contribution in [2.75, 3.05) is 18.0 Å². The van der Waals surface area contributed by atoms with E-state index in [0.29, 0.717) is 6.04 Å². The molecule has 2 rings (SSSR count). The van der Waals surface area contributed by atoms with Crippen LogP contribution >= 0.6 is 0 Å². The Kier molecular flexibility index (Phi) is 4.51. The Morgan fingerprint density at radius 1 is 1.21 bits per heavy atom. The molecule has 1 fully saturated rings. The van der Waals surface area contributed by atoms with Crippen LogP contribution in [0, 0.1) is 0 Å². The molecule has 0 aromatic heterocycles. The molecule has 1 saturated heterocycles. The number of aryl methyl sites for hydroxylation is 1. The Bertz CT molecular complexity index is 394. The van der Waals surface area contributed by atoms with Crippen molar-refractivity contribution in [2.45, 2.75) is 58.5 Å². The van der Waals surface area contributed by atoms with Gasteiger partial charge in [0.1, 0.15) is 0 Å². The summed E-state index contributed by atoms with van der Waals surface area (Å²) < 4.78 is 0. The highest BCUT2D eigenvalue weighted by Gasteiger charge is 2.31. The summed E-state index contributed by atoms with van der Waals surface area (Å²) in [6.07, 6.45) is 3.60. The topological polar surface area (TPSA) is 15.3 Å². The van der Waals surface area contributed by atoms with E-state index in [1.807, 2.05) is 0 Å². The number of nitrogens with zero attached hydrogens (tertiary/aromatic N) is 1. The molecule has 1 aliphatic heterocycles. The van der Waals surface area contributed by atoms with Gasteiger partial charge in [-0.25, -0.2) is 0 Å². The van der Waals surface area contributed by atoms with Crippen LogP contribution in [0.3, 0.4) is 0 Å². The molecule has 1 aliphatic rings. The van der Waals surface area contributed by atoms with Gasteiger partial charge in [-0.3, -0.25) is 0 Å². The van der Waals surface area contributed by atoms with Crippen LogP contribution in [0.15, 0.2) is 24.3 Å². The van der Waals surface area contributed by atoms with Crippen molar-refractivity contribution in [3.63, 3.8) is 0 Å². The minimum absolute atomic E-state index is 0.202. The van der Waals surface area contributed by atoms with Gasteiger partial charge in [0.05, 0.1) is 0 Å². The van der Waals surface area contributed by atoms with Crippen molar-refractivity contribution in [1.29, 1.82) is 0 Å². The van der Waals surface area contributed by atoms with Gasteiger partial charge in [0.25, 0.3) is 0 Å². The minimum Gasteiger partial charge on any atom is -0.365 e. The maximum atomic E-state index is 3.65. The van der Waals surface area contributed by atoms with Crippen molar-refractivity contribution < 1.29 is 0 Å². The van der Waals surface area contributed by atoms with Gasteiger partial charge in [-0.15, -0.1) is 0 Å². The fourth-order valence-corrected chi connectivity index (χ4v) is 2.92. The highest BCUT2D eigenvalue weighted by atomic mass is 15.2. The smallest absolute Gasteiger partial charge is 0.0412 e. The summed E-state index contributed by atoms with van der Waals surface area (Å²) in [5.41, 5.74) is 3.03. The van der Waals surface area contributed by atoms with Crippen molar-refractivity contribution in [2.24, 2.45) is 0 Å². The molecule has 1 heterocycles. The van der Waals surface area contributed by atoms with Crippen molar-refractivity contribution in [3.8, 4) is 0 Å². The van der Waals surface area contributed by atoms with E-state index >= 15 is 0 Å². The third kappa shape index (κ3) is 3.50. The number of hydrogen-bond donors (Lipinski definition) is 1. The van der Waals surface area contributed by atoms with Crippen LogP contribution in [0.1, 0.15) is 46.1 Å². The largest absolute Gasteiger partial charge is 0.365 e. The lowest BCUT2D eigenvalue weighted by Gasteiger charge is -2.45. The Hall–Kier alpha value is -1.02. The molecule has 0 aliphatic carbocycles. The second-order valence-corrected chi connectivity index (χ2v) is 6.37. The normalized spacial score (nSPS) is 22.5. The van der Waals surface area contributed by atoms with Gasteiger partial charge in [-0.1, -0.05) is 32.4 Å². The molecule has 2 nitrogen and oxygen atoms in total. The lowest BCUT2D eigenvalue weighted by molar-refractivity contribution is 0.306. The summed E-state index contributed by atoms with van der Waals surface area (Å²) in [7, 11) is 0. The van der Waals surface area contributed by atoms with Crippen LogP contribution in [0.25, 0.3) is 0 Å². The van der Waals surface area contributed by atoms with Crippen LogP contribution in [-0.4, -0.2) is 24.7 Å². The van der Waals surface area contributed by atoms with Gasteiger partial charge in [0.15, 0.2) is 0 Å². The Morgan fingerprint density at radius 3 is 2.47 bits per heavy atom. The van der Waals surface area contributed by atoms with Crippen LogP contribution in [0.5, 0.6) is 0 Å². The molecule has 1 unspecified atom stereocenters. The van der Waals surface area contributed by atoms with Gasteiger partial charge in [0.2, 0.25) is 0 Å². The quantitative estimate of drug-likeness (QED) is 0.889. The minimum atomic E-state index is 0.202. The first-order valence-electron chi connectivity index (χ1n) is 7.66. The first-order valence-corrected chi connectivity index (χ1v) is 7.66. The van der Waals surface area contributed by atoms with E-state index in [-0.39, 0.29) is 5.54 Å². The third-order valence-electron chi connectivity index (χ3n) is 4.10. The maximum Gasteiger partial charge on any atom is 0.0412 e. The molecule has 1 N–H and O–H groups in total. The average molecular weight is 260 g/mol. The second-order valence-electron chi connectivity index (χ2n) is 6.37. The monoisotopic (exact) mass is 260 g/mol. The third-order valence-corrected chi connectivity index (χ3v) is 4.10. The van der Waals surface area contributed by atoms with Gasteiger partial charge in [0, 0.05) is 30.4 Å². The van der Waals surface area contributed by atoms with E-state index in [1.165, 1.54) is 30.5 Å². The average Bonchev–Trinajstić information content (AvgIpc) is 2.39. The van der Waals surface area contributed by atoms with E-state index in [4.69, 9.17) is 0 Å². The number of benzene rings is 1. The molecule has 0 bridgehead atoms. The van der Waals surface area contributed by atoms with Crippen molar-refractivity contribution >= 4 is 5.69 Å². The summed E-state index contributed by atoms with van der Waals surface area (Å²) >= 11 is 0. The van der Waals surface area contributed by atoms with E-state index in [2.05, 4.69) is 62.2 Å². The first-order chi connectivity index (χ1) is 9.05. The zero-order chi connectivity index (χ0) is 13.9. The van der Waals surface area contributed by atoms with Crippen LogP contribution in [-0.2, 0) is 6.42 Å². The van der Waals surface area contributed by atoms with E-state index in [1.54, 1.807) is 0 Å². The molecule has 0 amide bonds. The lowest BCUT2D eigenvalue weighted by Crippen LogP contribution is -2.61. The summed E-state index contributed by atoms with van der Waals surface area (Å²) in [6, 6.07) is 9.80. The van der Waals surface area contributed by atoms with Crippen molar-refractivity contribution in [3.05, 3.63) is 29.8 Å². The van der Waals surface area contributed by atoms with Gasteiger partial charge < -0.3 is 10.2 Å². The molecule has 1 atom stereocenters. The zero-order valence-corrected chi connectivity index (χ0v) is 12.9. The number of rotatable bonds is 4. The van der Waals surface area contributed by atoms with Gasteiger partial charge in [-0.05, 0) is 44.4 Å². The van der Waals surface area contributed by atoms with Crippen LogP contribution in [0.2, 0.25) is 0 Å². The second kappa shape index (κ2) is 5.96. The molecule has 0 radical (unpaired) electrons. The van der Waals surface area contributed by atoms with E-state index < -0.39 is 0 Å². The first kappa shape index (κ1) is 14.4. The molecule has 106 valence electrons. The summed E-state index contributed by atoms with van der Waals surface area (Å²) in [4.78, 5) is 2.58. The molecule has 0 spiro atoms. The predicted octanol–water partition coefficient (Wildman–Crippen LogP) is 3.61. The Morgan fingerprint density at radius 2 is 1.89 bits per heavy atom. The van der Waals surface area contributed by atoms with Gasteiger partial charge in [-0.2, -0.15) is 0 Å². The number of hydrogen-bond acceptors (Lipinski definition) is 2. The molecule has 19 heavy (non-hydrogen) atoms. The number of nitrogens with one attached hydrogen (secondary N) is 1. The van der Waals surface area contributed by atoms with Crippen LogP contribution in [0.4, 0.5) is 5.69 Å². The maximum absolute atomic E-state index is 3.65. The predicted molar refractivity (Wildman–Crippen MR) is 83.9 cm³/mol. The molecular formula is C17H28N2. The van der Waals surface area contributed by atoms with Gasteiger partial charge >= 0.3 is 0 Å². The standard InChI is InChI=1S/C17H28N2/c1-5-7-14-8-10-16(11-9-14)19-13-17(3,4)18-12-15(19)6-2/h8-11,15,18H,5-7,12-13H2,1-4H3. The lowest BCUT2D eigenvalue weighted by atomic mass is 9.96. The summed E-state index contributed by atoms with van der Waals surface area (Å²) in [6.45, 7) is 11.3. The molecule has 1 aromatic carbocycles. The van der Waals surface area contributed by atoms with E-state index in [0.717, 1.165) is 13.1 Å². The SMILES string of the molecule is CCCc1ccc(N2CC(C)(C)NCC2CC)cc1. The molecule has 1 aromatic rings. The van der Waals surface area contributed by atoms with E-state index in [9.17, 15) is 0 Å². The highest BCUT2D eigenvalue weighted by Crippen LogP contribution is 2.25. The zero-order valence-electron chi connectivity index (χ0n) is 12.9.